The van der Waals surface area contributed by atoms with E-state index in [-0.39, 0.29) is 0 Å². The topological polar surface area (TPSA) is 33.1 Å². The molecule has 3 rings (SSSR count). The SMILES string of the molecule is Cc1cn(CC2CCCCN2C)c(NC2CCCC2)n1. The summed E-state index contributed by atoms with van der Waals surface area (Å²) < 4.78 is 2.35. The quantitative estimate of drug-likeness (QED) is 0.917. The minimum Gasteiger partial charge on any atom is -0.353 e. The molecular formula is C16H28N4. The van der Waals surface area contributed by atoms with E-state index in [4.69, 9.17) is 4.98 Å². The lowest BCUT2D eigenvalue weighted by Crippen LogP contribution is -2.39. The molecule has 1 aliphatic carbocycles. The molecule has 2 heterocycles. The molecule has 0 bridgehead atoms. The van der Waals surface area contributed by atoms with Crippen LogP contribution in [-0.4, -0.2) is 40.1 Å². The van der Waals surface area contributed by atoms with Gasteiger partial charge in [-0.15, -0.1) is 0 Å². The summed E-state index contributed by atoms with van der Waals surface area (Å²) in [6, 6.07) is 1.31. The molecule has 0 aromatic carbocycles. The van der Waals surface area contributed by atoms with E-state index in [1.165, 1.54) is 51.5 Å². The highest BCUT2D eigenvalue weighted by atomic mass is 15.2. The Morgan fingerprint density at radius 1 is 1.20 bits per heavy atom. The van der Waals surface area contributed by atoms with Gasteiger partial charge in [0, 0.05) is 24.8 Å². The van der Waals surface area contributed by atoms with Crippen molar-refractivity contribution in [1.29, 1.82) is 0 Å². The molecule has 1 aromatic heterocycles. The van der Waals surface area contributed by atoms with Gasteiger partial charge in [-0.05, 0) is 46.2 Å². The zero-order chi connectivity index (χ0) is 13.9. The first-order chi connectivity index (χ1) is 9.72. The summed E-state index contributed by atoms with van der Waals surface area (Å²) in [5.41, 5.74) is 1.13. The lowest BCUT2D eigenvalue weighted by atomic mass is 10.0. The van der Waals surface area contributed by atoms with E-state index in [2.05, 4.69) is 35.0 Å². The maximum Gasteiger partial charge on any atom is 0.203 e. The Balaban J connectivity index is 1.68. The van der Waals surface area contributed by atoms with Crippen molar-refractivity contribution in [2.45, 2.75) is 70.5 Å². The van der Waals surface area contributed by atoms with Gasteiger partial charge in [0.25, 0.3) is 0 Å². The number of rotatable bonds is 4. The lowest BCUT2D eigenvalue weighted by Gasteiger charge is -2.33. The van der Waals surface area contributed by atoms with Gasteiger partial charge in [-0.3, -0.25) is 0 Å². The summed E-state index contributed by atoms with van der Waals surface area (Å²) in [7, 11) is 2.26. The number of piperidine rings is 1. The third kappa shape index (κ3) is 3.17. The summed E-state index contributed by atoms with van der Waals surface area (Å²) >= 11 is 0. The minimum absolute atomic E-state index is 0.639. The average molecular weight is 276 g/mol. The molecule has 1 unspecified atom stereocenters. The number of aromatic nitrogens is 2. The number of likely N-dealkylation sites (tertiary alicyclic amines) is 1. The van der Waals surface area contributed by atoms with Crippen LogP contribution in [0.5, 0.6) is 0 Å². The van der Waals surface area contributed by atoms with E-state index in [0.717, 1.165) is 18.2 Å². The molecule has 1 saturated carbocycles. The summed E-state index contributed by atoms with van der Waals surface area (Å²) in [6.45, 7) is 4.41. The Labute approximate surface area is 122 Å². The van der Waals surface area contributed by atoms with Crippen molar-refractivity contribution < 1.29 is 0 Å². The van der Waals surface area contributed by atoms with Gasteiger partial charge in [0.2, 0.25) is 5.95 Å². The second kappa shape index (κ2) is 6.17. The fourth-order valence-corrected chi connectivity index (χ4v) is 3.66. The van der Waals surface area contributed by atoms with E-state index in [1.807, 2.05) is 0 Å². The van der Waals surface area contributed by atoms with Crippen LogP contribution in [0.25, 0.3) is 0 Å². The van der Waals surface area contributed by atoms with Crippen LogP contribution in [0, 0.1) is 6.92 Å². The monoisotopic (exact) mass is 276 g/mol. The Kier molecular flexibility index (Phi) is 4.29. The number of anilines is 1. The standard InChI is InChI=1S/C16H28N4/c1-13-11-20(12-15-9-5-6-10-19(15)2)16(17-13)18-14-7-3-4-8-14/h11,14-15H,3-10,12H2,1-2H3,(H,17,18). The fraction of sp³-hybridized carbons (Fsp3) is 0.812. The van der Waals surface area contributed by atoms with Crippen molar-refractivity contribution in [3.8, 4) is 0 Å². The molecule has 1 atom stereocenters. The van der Waals surface area contributed by atoms with E-state index in [1.54, 1.807) is 0 Å². The van der Waals surface area contributed by atoms with Gasteiger partial charge in [0.05, 0.1) is 5.69 Å². The van der Waals surface area contributed by atoms with E-state index in [0.29, 0.717) is 12.1 Å². The number of likely N-dealkylation sites (N-methyl/N-ethyl adjacent to an activating group) is 1. The van der Waals surface area contributed by atoms with Crippen molar-refractivity contribution >= 4 is 5.95 Å². The predicted octanol–water partition coefficient (Wildman–Crippen LogP) is 3.03. The van der Waals surface area contributed by atoms with Crippen molar-refractivity contribution in [2.75, 3.05) is 18.9 Å². The van der Waals surface area contributed by atoms with Crippen molar-refractivity contribution in [3.05, 3.63) is 11.9 Å². The van der Waals surface area contributed by atoms with E-state index in [9.17, 15) is 0 Å². The average Bonchev–Trinajstić information content (AvgIpc) is 3.03. The predicted molar refractivity (Wildman–Crippen MR) is 83.1 cm³/mol. The van der Waals surface area contributed by atoms with Crippen LogP contribution >= 0.6 is 0 Å². The molecule has 0 amide bonds. The van der Waals surface area contributed by atoms with Gasteiger partial charge in [-0.1, -0.05) is 19.3 Å². The van der Waals surface area contributed by atoms with E-state index >= 15 is 0 Å². The Bertz CT molecular complexity index is 434. The highest BCUT2D eigenvalue weighted by Crippen LogP contribution is 2.23. The van der Waals surface area contributed by atoms with Crippen LogP contribution in [0.4, 0.5) is 5.95 Å². The first-order valence-electron chi connectivity index (χ1n) is 8.23. The number of nitrogens with zero attached hydrogens (tertiary/aromatic N) is 3. The smallest absolute Gasteiger partial charge is 0.203 e. The maximum atomic E-state index is 4.70. The Morgan fingerprint density at radius 2 is 1.95 bits per heavy atom. The number of hydrogen-bond acceptors (Lipinski definition) is 3. The van der Waals surface area contributed by atoms with Crippen LogP contribution in [0.2, 0.25) is 0 Å². The van der Waals surface area contributed by atoms with Gasteiger partial charge in [0.1, 0.15) is 0 Å². The molecule has 1 N–H and O–H groups in total. The maximum absolute atomic E-state index is 4.70. The van der Waals surface area contributed by atoms with Gasteiger partial charge >= 0.3 is 0 Å². The Morgan fingerprint density at radius 3 is 2.70 bits per heavy atom. The van der Waals surface area contributed by atoms with Crippen molar-refractivity contribution in [1.82, 2.24) is 14.5 Å². The molecule has 1 aromatic rings. The van der Waals surface area contributed by atoms with Gasteiger partial charge in [-0.25, -0.2) is 4.98 Å². The fourth-order valence-electron chi connectivity index (χ4n) is 3.66. The first kappa shape index (κ1) is 13.9. The van der Waals surface area contributed by atoms with Crippen LogP contribution in [-0.2, 0) is 6.54 Å². The molecule has 112 valence electrons. The van der Waals surface area contributed by atoms with Gasteiger partial charge in [0.15, 0.2) is 0 Å². The molecule has 1 aliphatic heterocycles. The second-order valence-corrected chi connectivity index (χ2v) is 6.61. The van der Waals surface area contributed by atoms with Gasteiger partial charge in [-0.2, -0.15) is 0 Å². The van der Waals surface area contributed by atoms with Crippen LogP contribution in [0.1, 0.15) is 50.6 Å². The Hall–Kier alpha value is -1.03. The van der Waals surface area contributed by atoms with Crippen molar-refractivity contribution in [3.63, 3.8) is 0 Å². The normalized spacial score (nSPS) is 25.2. The molecule has 1 saturated heterocycles. The molecule has 20 heavy (non-hydrogen) atoms. The molecular weight excluding hydrogens is 248 g/mol. The minimum atomic E-state index is 0.639. The molecule has 2 fully saturated rings. The third-order valence-corrected chi connectivity index (χ3v) is 4.91. The van der Waals surface area contributed by atoms with Crippen LogP contribution in [0.3, 0.4) is 0 Å². The molecule has 2 aliphatic rings. The highest BCUT2D eigenvalue weighted by Gasteiger charge is 2.22. The third-order valence-electron chi connectivity index (χ3n) is 4.91. The summed E-state index contributed by atoms with van der Waals surface area (Å²) in [5.74, 6) is 1.09. The number of aryl methyl sites for hydroxylation is 1. The molecule has 0 radical (unpaired) electrons. The summed E-state index contributed by atoms with van der Waals surface area (Å²) in [4.78, 5) is 7.21. The number of nitrogens with one attached hydrogen (secondary N) is 1. The second-order valence-electron chi connectivity index (χ2n) is 6.61. The van der Waals surface area contributed by atoms with Crippen molar-refractivity contribution in [2.24, 2.45) is 0 Å². The summed E-state index contributed by atoms with van der Waals surface area (Å²) in [5, 5.41) is 3.67. The first-order valence-corrected chi connectivity index (χ1v) is 8.23. The molecule has 4 nitrogen and oxygen atoms in total. The van der Waals surface area contributed by atoms with Crippen LogP contribution in [0.15, 0.2) is 6.20 Å². The van der Waals surface area contributed by atoms with E-state index < -0.39 is 0 Å². The highest BCUT2D eigenvalue weighted by molar-refractivity contribution is 5.30. The van der Waals surface area contributed by atoms with Gasteiger partial charge < -0.3 is 14.8 Å². The number of imidazole rings is 1. The zero-order valence-electron chi connectivity index (χ0n) is 12.9. The molecule has 0 spiro atoms. The largest absolute Gasteiger partial charge is 0.353 e. The van der Waals surface area contributed by atoms with Crippen LogP contribution < -0.4 is 5.32 Å². The number of hydrogen-bond donors (Lipinski definition) is 1. The summed E-state index contributed by atoms with van der Waals surface area (Å²) in [6.07, 6.45) is 11.6. The zero-order valence-corrected chi connectivity index (χ0v) is 12.9. The molecule has 4 heteroatoms. The lowest BCUT2D eigenvalue weighted by molar-refractivity contribution is 0.168.